The van der Waals surface area contributed by atoms with Crippen LogP contribution in [0.3, 0.4) is 0 Å². The van der Waals surface area contributed by atoms with Gasteiger partial charge < -0.3 is 9.73 Å². The second kappa shape index (κ2) is 4.67. The Morgan fingerprint density at radius 1 is 1.18 bits per heavy atom. The van der Waals surface area contributed by atoms with Gasteiger partial charge in [0.2, 0.25) is 0 Å². The van der Waals surface area contributed by atoms with Gasteiger partial charge in [0.05, 0.1) is 12.3 Å². The highest BCUT2D eigenvalue weighted by molar-refractivity contribution is 5.34. The Morgan fingerprint density at radius 2 is 1.94 bits per heavy atom. The highest BCUT2D eigenvalue weighted by Crippen LogP contribution is 2.28. The molecule has 0 bridgehead atoms. The van der Waals surface area contributed by atoms with E-state index in [2.05, 4.69) is 5.32 Å². The van der Waals surface area contributed by atoms with E-state index in [1.54, 1.807) is 26.1 Å². The molecule has 0 saturated carbocycles. The van der Waals surface area contributed by atoms with Crippen LogP contribution in [0.25, 0.3) is 0 Å². The number of aryl methyl sites for hydroxylation is 1. The quantitative estimate of drug-likeness (QED) is 0.887. The third-order valence-corrected chi connectivity index (χ3v) is 2.79. The van der Waals surface area contributed by atoms with Gasteiger partial charge in [-0.15, -0.1) is 0 Å². The number of benzene rings is 1. The molecule has 1 heterocycles. The molecular formula is C13H13F2NO. The molecule has 0 aliphatic rings. The van der Waals surface area contributed by atoms with E-state index in [-0.39, 0.29) is 5.56 Å². The Labute approximate surface area is 98.3 Å². The Morgan fingerprint density at radius 3 is 2.53 bits per heavy atom. The topological polar surface area (TPSA) is 25.2 Å². The van der Waals surface area contributed by atoms with Crippen molar-refractivity contribution >= 4 is 0 Å². The van der Waals surface area contributed by atoms with Crippen molar-refractivity contribution in [2.75, 3.05) is 7.05 Å². The lowest BCUT2D eigenvalue weighted by molar-refractivity contribution is 0.483. The predicted octanol–water partition coefficient (Wildman–Crippen LogP) is 3.18. The second-order valence-corrected chi connectivity index (χ2v) is 3.80. The second-order valence-electron chi connectivity index (χ2n) is 3.80. The standard InChI is InChI=1S/C13H13F2NO/c1-8-9(6-7-17-8)13(16-2)10-4-3-5-11(14)12(10)15/h3-7,13,16H,1-2H3. The fourth-order valence-corrected chi connectivity index (χ4v) is 1.92. The molecule has 0 saturated heterocycles. The molecule has 0 radical (unpaired) electrons. The fraction of sp³-hybridized carbons (Fsp3) is 0.231. The average Bonchev–Trinajstić information content (AvgIpc) is 2.72. The normalized spacial score (nSPS) is 12.7. The summed E-state index contributed by atoms with van der Waals surface area (Å²) in [5, 5.41) is 2.96. The molecule has 1 aromatic carbocycles. The highest BCUT2D eigenvalue weighted by Gasteiger charge is 2.21. The Bertz CT molecular complexity index is 522. The molecule has 0 amide bonds. The van der Waals surface area contributed by atoms with Gasteiger partial charge in [0, 0.05) is 11.1 Å². The van der Waals surface area contributed by atoms with Gasteiger partial charge in [-0.05, 0) is 26.1 Å². The molecule has 0 aliphatic heterocycles. The van der Waals surface area contributed by atoms with E-state index >= 15 is 0 Å². The zero-order valence-corrected chi connectivity index (χ0v) is 9.63. The Kier molecular flexibility index (Phi) is 3.24. The summed E-state index contributed by atoms with van der Waals surface area (Å²) < 4.78 is 32.1. The van der Waals surface area contributed by atoms with Crippen LogP contribution >= 0.6 is 0 Å². The summed E-state index contributed by atoms with van der Waals surface area (Å²) >= 11 is 0. The summed E-state index contributed by atoms with van der Waals surface area (Å²) in [7, 11) is 1.70. The van der Waals surface area contributed by atoms with Crippen molar-refractivity contribution in [1.29, 1.82) is 0 Å². The predicted molar refractivity (Wildman–Crippen MR) is 60.7 cm³/mol. The first-order valence-corrected chi connectivity index (χ1v) is 5.30. The third kappa shape index (κ3) is 2.08. The Balaban J connectivity index is 2.50. The van der Waals surface area contributed by atoms with Crippen LogP contribution in [-0.4, -0.2) is 7.05 Å². The molecule has 2 aromatic rings. The van der Waals surface area contributed by atoms with Crippen molar-refractivity contribution < 1.29 is 13.2 Å². The minimum Gasteiger partial charge on any atom is -0.469 e. The van der Waals surface area contributed by atoms with Crippen LogP contribution in [0.4, 0.5) is 8.78 Å². The average molecular weight is 237 g/mol. The van der Waals surface area contributed by atoms with E-state index < -0.39 is 17.7 Å². The SMILES string of the molecule is CNC(c1ccoc1C)c1cccc(F)c1F. The highest BCUT2D eigenvalue weighted by atomic mass is 19.2. The maximum absolute atomic E-state index is 13.7. The van der Waals surface area contributed by atoms with Crippen LogP contribution in [0.2, 0.25) is 0 Å². The van der Waals surface area contributed by atoms with Gasteiger partial charge in [-0.1, -0.05) is 12.1 Å². The van der Waals surface area contributed by atoms with Crippen LogP contribution in [0.1, 0.15) is 22.9 Å². The summed E-state index contributed by atoms with van der Waals surface area (Å²) in [4.78, 5) is 0. The number of nitrogens with one attached hydrogen (secondary N) is 1. The van der Waals surface area contributed by atoms with Crippen molar-refractivity contribution in [3.05, 3.63) is 59.1 Å². The summed E-state index contributed by atoms with van der Waals surface area (Å²) in [6.45, 7) is 1.79. The van der Waals surface area contributed by atoms with Crippen LogP contribution in [0, 0.1) is 18.6 Å². The third-order valence-electron chi connectivity index (χ3n) is 2.79. The molecule has 90 valence electrons. The minimum absolute atomic E-state index is 0.275. The number of hydrogen-bond acceptors (Lipinski definition) is 2. The van der Waals surface area contributed by atoms with E-state index in [9.17, 15) is 8.78 Å². The van der Waals surface area contributed by atoms with Gasteiger partial charge in [-0.3, -0.25) is 0 Å². The summed E-state index contributed by atoms with van der Waals surface area (Å²) in [6, 6.07) is 5.50. The number of furan rings is 1. The molecule has 2 nitrogen and oxygen atoms in total. The van der Waals surface area contributed by atoms with Gasteiger partial charge in [0.15, 0.2) is 11.6 Å². The molecule has 0 spiro atoms. The van der Waals surface area contributed by atoms with Gasteiger partial charge in [-0.2, -0.15) is 0 Å². The summed E-state index contributed by atoms with van der Waals surface area (Å²) in [5.41, 5.74) is 1.08. The van der Waals surface area contributed by atoms with Crippen LogP contribution in [0.5, 0.6) is 0 Å². The van der Waals surface area contributed by atoms with Crippen molar-refractivity contribution in [2.24, 2.45) is 0 Å². The van der Waals surface area contributed by atoms with Crippen molar-refractivity contribution in [3.8, 4) is 0 Å². The molecule has 1 unspecified atom stereocenters. The zero-order valence-electron chi connectivity index (χ0n) is 9.63. The van der Waals surface area contributed by atoms with Crippen molar-refractivity contribution in [3.63, 3.8) is 0 Å². The van der Waals surface area contributed by atoms with Gasteiger partial charge in [-0.25, -0.2) is 8.78 Å². The molecule has 1 aromatic heterocycles. The lowest BCUT2D eigenvalue weighted by Gasteiger charge is -2.17. The smallest absolute Gasteiger partial charge is 0.163 e. The Hall–Kier alpha value is -1.68. The van der Waals surface area contributed by atoms with E-state index in [1.165, 1.54) is 12.3 Å². The number of halogens is 2. The molecule has 1 N–H and O–H groups in total. The molecule has 1 atom stereocenters. The molecular weight excluding hydrogens is 224 g/mol. The zero-order chi connectivity index (χ0) is 12.4. The minimum atomic E-state index is -0.844. The van der Waals surface area contributed by atoms with Crippen LogP contribution < -0.4 is 5.32 Å². The van der Waals surface area contributed by atoms with E-state index in [0.29, 0.717) is 5.76 Å². The summed E-state index contributed by atoms with van der Waals surface area (Å²) in [6.07, 6.45) is 1.53. The molecule has 17 heavy (non-hydrogen) atoms. The van der Waals surface area contributed by atoms with Crippen LogP contribution in [0.15, 0.2) is 34.9 Å². The number of hydrogen-bond donors (Lipinski definition) is 1. The van der Waals surface area contributed by atoms with Crippen LogP contribution in [-0.2, 0) is 0 Å². The largest absolute Gasteiger partial charge is 0.469 e. The first-order chi connectivity index (χ1) is 8.15. The van der Waals surface area contributed by atoms with Gasteiger partial charge in [0.1, 0.15) is 5.76 Å². The van der Waals surface area contributed by atoms with Crippen molar-refractivity contribution in [1.82, 2.24) is 5.32 Å². The van der Waals surface area contributed by atoms with E-state index in [1.807, 2.05) is 0 Å². The van der Waals surface area contributed by atoms with Crippen molar-refractivity contribution in [2.45, 2.75) is 13.0 Å². The van der Waals surface area contributed by atoms with Gasteiger partial charge in [0.25, 0.3) is 0 Å². The monoisotopic (exact) mass is 237 g/mol. The fourth-order valence-electron chi connectivity index (χ4n) is 1.92. The lowest BCUT2D eigenvalue weighted by Crippen LogP contribution is -2.19. The number of rotatable bonds is 3. The maximum atomic E-state index is 13.7. The van der Waals surface area contributed by atoms with E-state index in [4.69, 9.17) is 4.42 Å². The molecule has 4 heteroatoms. The molecule has 0 aliphatic carbocycles. The first kappa shape index (κ1) is 11.8. The van der Waals surface area contributed by atoms with Gasteiger partial charge >= 0.3 is 0 Å². The molecule has 2 rings (SSSR count). The maximum Gasteiger partial charge on any atom is 0.163 e. The van der Waals surface area contributed by atoms with E-state index in [0.717, 1.165) is 11.6 Å². The molecule has 0 fully saturated rings. The first-order valence-electron chi connectivity index (χ1n) is 5.30. The lowest BCUT2D eigenvalue weighted by atomic mass is 9.99. The summed E-state index contributed by atoms with van der Waals surface area (Å²) in [5.74, 6) is -0.982.